The zero-order valence-corrected chi connectivity index (χ0v) is 15.8. The molecular weight excluding hydrogens is 340 g/mol. The van der Waals surface area contributed by atoms with Crippen LogP contribution in [0.5, 0.6) is 0 Å². The van der Waals surface area contributed by atoms with E-state index in [-0.39, 0.29) is 6.04 Å². The number of nitrogens with one attached hydrogen (secondary N) is 1. The lowest BCUT2D eigenvalue weighted by Crippen LogP contribution is -2.38. The van der Waals surface area contributed by atoms with Gasteiger partial charge >= 0.3 is 0 Å². The Labute approximate surface area is 148 Å². The minimum Gasteiger partial charge on any atom is -0.329 e. The number of sulfonamides is 1. The minimum absolute atomic E-state index is 0.209. The topological polar surface area (TPSA) is 85.0 Å². The number of nitrogens with zero attached hydrogens (tertiary/aromatic N) is 5. The maximum atomic E-state index is 11.3. The summed E-state index contributed by atoms with van der Waals surface area (Å²) in [5, 5.41) is 4.41. The van der Waals surface area contributed by atoms with Gasteiger partial charge in [0, 0.05) is 56.2 Å². The molecule has 1 aliphatic heterocycles. The number of hydrogen-bond acceptors (Lipinski definition) is 5. The summed E-state index contributed by atoms with van der Waals surface area (Å²) in [5.41, 5.74) is 2.35. The molecule has 0 saturated heterocycles. The fourth-order valence-electron chi connectivity index (χ4n) is 3.22. The molecule has 0 radical (unpaired) electrons. The van der Waals surface area contributed by atoms with Crippen LogP contribution in [-0.4, -0.2) is 52.0 Å². The maximum absolute atomic E-state index is 11.3. The predicted molar refractivity (Wildman–Crippen MR) is 95.5 cm³/mol. The molecule has 2 aromatic rings. The van der Waals surface area contributed by atoms with Gasteiger partial charge in [0.25, 0.3) is 0 Å². The molecule has 2 aromatic heterocycles. The highest BCUT2D eigenvalue weighted by molar-refractivity contribution is 7.88. The van der Waals surface area contributed by atoms with Crippen LogP contribution in [0.2, 0.25) is 0 Å². The first kappa shape index (κ1) is 18.1. The average Bonchev–Trinajstić information content (AvgIpc) is 3.14. The minimum atomic E-state index is -3.16. The summed E-state index contributed by atoms with van der Waals surface area (Å²) in [6.45, 7) is 7.18. The van der Waals surface area contributed by atoms with E-state index in [1.54, 1.807) is 0 Å². The molecule has 0 bridgehead atoms. The van der Waals surface area contributed by atoms with E-state index in [0.29, 0.717) is 12.6 Å². The average molecular weight is 366 g/mol. The zero-order valence-electron chi connectivity index (χ0n) is 15.0. The predicted octanol–water partition coefficient (Wildman–Crippen LogP) is 1.16. The highest BCUT2D eigenvalue weighted by Crippen LogP contribution is 2.24. The van der Waals surface area contributed by atoms with Crippen LogP contribution in [0.4, 0.5) is 0 Å². The molecular formula is C16H26N6O2S. The van der Waals surface area contributed by atoms with Gasteiger partial charge in [-0.25, -0.2) is 18.1 Å². The van der Waals surface area contributed by atoms with E-state index in [4.69, 9.17) is 0 Å². The quantitative estimate of drug-likeness (QED) is 0.795. The van der Waals surface area contributed by atoms with Gasteiger partial charge in [0.15, 0.2) is 0 Å². The lowest BCUT2D eigenvalue weighted by Gasteiger charge is -2.34. The Balaban J connectivity index is 1.66. The first-order valence-corrected chi connectivity index (χ1v) is 10.4. The molecule has 0 amide bonds. The Kier molecular flexibility index (Phi) is 5.26. The highest BCUT2D eigenvalue weighted by atomic mass is 32.2. The normalized spacial score (nSPS) is 18.6. The molecule has 25 heavy (non-hydrogen) atoms. The van der Waals surface area contributed by atoms with Crippen molar-refractivity contribution < 1.29 is 8.42 Å². The molecule has 0 spiro atoms. The second-order valence-electron chi connectivity index (χ2n) is 6.99. The Morgan fingerprint density at radius 3 is 2.84 bits per heavy atom. The largest absolute Gasteiger partial charge is 0.329 e. The smallest absolute Gasteiger partial charge is 0.208 e. The van der Waals surface area contributed by atoms with Gasteiger partial charge in [0.1, 0.15) is 0 Å². The van der Waals surface area contributed by atoms with Gasteiger partial charge in [0.2, 0.25) is 10.0 Å². The Morgan fingerprint density at radius 1 is 1.36 bits per heavy atom. The SMILES string of the molecule is CC(C)n1cc(CN2Cc3cncn3[C@H](CCNS(C)(=O)=O)C2)cn1. The van der Waals surface area contributed by atoms with Crippen molar-refractivity contribution in [3.8, 4) is 0 Å². The molecule has 0 saturated carbocycles. The zero-order chi connectivity index (χ0) is 18.0. The van der Waals surface area contributed by atoms with E-state index >= 15 is 0 Å². The van der Waals surface area contributed by atoms with Crippen LogP contribution in [-0.2, 0) is 23.1 Å². The van der Waals surface area contributed by atoms with Crippen LogP contribution in [0.3, 0.4) is 0 Å². The van der Waals surface area contributed by atoms with Crippen molar-refractivity contribution in [2.75, 3.05) is 19.3 Å². The van der Waals surface area contributed by atoms with Crippen LogP contribution in [0.25, 0.3) is 0 Å². The van der Waals surface area contributed by atoms with Crippen molar-refractivity contribution in [3.05, 3.63) is 36.2 Å². The van der Waals surface area contributed by atoms with E-state index in [2.05, 4.69) is 44.3 Å². The third-order valence-electron chi connectivity index (χ3n) is 4.43. The van der Waals surface area contributed by atoms with Gasteiger partial charge in [-0.05, 0) is 20.3 Å². The fraction of sp³-hybridized carbons (Fsp3) is 0.625. The van der Waals surface area contributed by atoms with Crippen molar-refractivity contribution in [1.29, 1.82) is 0 Å². The summed E-state index contributed by atoms with van der Waals surface area (Å²) in [7, 11) is -3.16. The van der Waals surface area contributed by atoms with Crippen molar-refractivity contribution in [2.24, 2.45) is 0 Å². The van der Waals surface area contributed by atoms with Gasteiger partial charge in [0.05, 0.1) is 24.5 Å². The van der Waals surface area contributed by atoms with E-state index in [1.165, 1.54) is 11.8 Å². The molecule has 1 N–H and O–H groups in total. The van der Waals surface area contributed by atoms with Crippen molar-refractivity contribution in [3.63, 3.8) is 0 Å². The number of hydrogen-bond donors (Lipinski definition) is 1. The molecule has 0 aromatic carbocycles. The van der Waals surface area contributed by atoms with Crippen LogP contribution >= 0.6 is 0 Å². The van der Waals surface area contributed by atoms with Gasteiger partial charge in [-0.2, -0.15) is 5.10 Å². The van der Waals surface area contributed by atoms with Crippen LogP contribution in [0.1, 0.15) is 43.6 Å². The summed E-state index contributed by atoms with van der Waals surface area (Å²) in [6, 6.07) is 0.562. The Bertz CT molecular complexity index is 810. The van der Waals surface area contributed by atoms with Crippen LogP contribution < -0.4 is 4.72 Å². The van der Waals surface area contributed by atoms with Crippen molar-refractivity contribution in [1.82, 2.24) is 29.0 Å². The molecule has 8 nitrogen and oxygen atoms in total. The molecule has 138 valence electrons. The van der Waals surface area contributed by atoms with Crippen molar-refractivity contribution >= 4 is 10.0 Å². The van der Waals surface area contributed by atoms with E-state index in [9.17, 15) is 8.42 Å². The van der Waals surface area contributed by atoms with Gasteiger partial charge in [-0.15, -0.1) is 0 Å². The first-order chi connectivity index (χ1) is 11.8. The van der Waals surface area contributed by atoms with E-state index in [0.717, 1.165) is 31.7 Å². The maximum Gasteiger partial charge on any atom is 0.208 e. The Hall–Kier alpha value is -1.71. The van der Waals surface area contributed by atoms with Crippen LogP contribution in [0.15, 0.2) is 24.9 Å². The van der Waals surface area contributed by atoms with E-state index in [1.807, 2.05) is 23.4 Å². The second kappa shape index (κ2) is 7.27. The third kappa shape index (κ3) is 4.68. The second-order valence-corrected chi connectivity index (χ2v) is 8.83. The molecule has 3 rings (SSSR count). The summed E-state index contributed by atoms with van der Waals surface area (Å²) in [4.78, 5) is 6.63. The summed E-state index contributed by atoms with van der Waals surface area (Å²) < 4.78 is 29.3. The highest BCUT2D eigenvalue weighted by Gasteiger charge is 2.25. The molecule has 0 fully saturated rings. The Morgan fingerprint density at radius 2 is 2.16 bits per heavy atom. The van der Waals surface area contributed by atoms with Gasteiger partial charge in [-0.1, -0.05) is 0 Å². The summed E-state index contributed by atoms with van der Waals surface area (Å²) in [6.07, 6.45) is 9.67. The standard InChI is InChI=1S/C16H26N6O2S/c1-13(2)22-9-14(6-18-22)8-20-10-15(4-5-19-25(3,23)24)21-12-17-7-16(21)11-20/h6-7,9,12-13,15,19H,4-5,8,10-11H2,1-3H3/t15-/m1/s1. The number of imidazole rings is 1. The lowest BCUT2D eigenvalue weighted by atomic mass is 10.1. The molecule has 1 atom stereocenters. The van der Waals surface area contributed by atoms with Gasteiger partial charge in [-0.3, -0.25) is 9.58 Å². The lowest BCUT2D eigenvalue weighted by molar-refractivity contribution is 0.172. The third-order valence-corrected chi connectivity index (χ3v) is 5.15. The molecule has 1 aliphatic rings. The van der Waals surface area contributed by atoms with Crippen molar-refractivity contribution in [2.45, 2.75) is 45.4 Å². The number of rotatable bonds is 7. The number of aromatic nitrogens is 4. The fourth-order valence-corrected chi connectivity index (χ4v) is 3.71. The van der Waals surface area contributed by atoms with Gasteiger partial charge < -0.3 is 4.57 Å². The molecule has 9 heteroatoms. The molecule has 0 aliphatic carbocycles. The van der Waals surface area contributed by atoms with Crippen LogP contribution in [0, 0.1) is 0 Å². The molecule has 0 unspecified atom stereocenters. The number of fused-ring (bicyclic) bond motifs is 1. The first-order valence-electron chi connectivity index (χ1n) is 8.52. The monoisotopic (exact) mass is 366 g/mol. The summed E-state index contributed by atoms with van der Waals surface area (Å²) in [5.74, 6) is 0. The molecule has 3 heterocycles. The van der Waals surface area contributed by atoms with E-state index < -0.39 is 10.0 Å². The summed E-state index contributed by atoms with van der Waals surface area (Å²) >= 11 is 0.